The van der Waals surface area contributed by atoms with Crippen LogP contribution in [0.2, 0.25) is 10.2 Å². The first-order valence-corrected chi connectivity index (χ1v) is 9.00. The van der Waals surface area contributed by atoms with E-state index in [1.807, 2.05) is 24.3 Å². The molecule has 130 valence electrons. The van der Waals surface area contributed by atoms with E-state index in [9.17, 15) is 0 Å². The summed E-state index contributed by atoms with van der Waals surface area (Å²) < 4.78 is 0. The van der Waals surface area contributed by atoms with Crippen LogP contribution in [0.5, 0.6) is 0 Å². The van der Waals surface area contributed by atoms with Gasteiger partial charge < -0.3 is 16.0 Å². The first-order chi connectivity index (χ1) is 12.1. The first-order valence-electron chi connectivity index (χ1n) is 8.24. The minimum absolute atomic E-state index is 0.247. The van der Waals surface area contributed by atoms with E-state index in [0.29, 0.717) is 17.5 Å². The predicted octanol–water partition coefficient (Wildman–Crippen LogP) is 3.15. The maximum atomic E-state index is 6.08. The number of nitrogens with one attached hydrogen (secondary N) is 3. The Kier molecular flexibility index (Phi) is 4.50. The molecule has 0 bridgehead atoms. The molecule has 0 atom stereocenters. The standard InChI is InChI=1S/C17H18Cl2N6/c18-12-3-1-2-11(8-12)10-21-16-17(4-6-20-7-5-17)23-13-9-14(19)24-25-15(13)22-16/h1-3,8-9,20,23H,4-7,10H2,(H,21,22,25). The van der Waals surface area contributed by atoms with Crippen molar-refractivity contribution in [3.05, 3.63) is 46.1 Å². The van der Waals surface area contributed by atoms with Gasteiger partial charge in [-0.3, -0.25) is 0 Å². The highest BCUT2D eigenvalue weighted by Crippen LogP contribution is 2.36. The highest BCUT2D eigenvalue weighted by atomic mass is 35.5. The van der Waals surface area contributed by atoms with Gasteiger partial charge in [0.1, 0.15) is 5.84 Å². The minimum atomic E-state index is -0.247. The number of nitrogens with zero attached hydrogens (tertiary/aromatic N) is 3. The third-order valence-corrected chi connectivity index (χ3v) is 5.02. The average molecular weight is 377 g/mol. The third-order valence-electron chi connectivity index (χ3n) is 4.60. The molecule has 3 N–H and O–H groups in total. The van der Waals surface area contributed by atoms with Crippen molar-refractivity contribution in [3.63, 3.8) is 0 Å². The summed E-state index contributed by atoms with van der Waals surface area (Å²) in [4.78, 5) is 4.75. The summed E-state index contributed by atoms with van der Waals surface area (Å²) in [5.41, 5.74) is 1.69. The Labute approximate surface area is 156 Å². The Morgan fingerprint density at radius 2 is 1.96 bits per heavy atom. The summed E-state index contributed by atoms with van der Waals surface area (Å²) >= 11 is 12.1. The molecule has 0 radical (unpaired) electrons. The van der Waals surface area contributed by atoms with Gasteiger partial charge >= 0.3 is 0 Å². The zero-order valence-corrected chi connectivity index (χ0v) is 15.0. The van der Waals surface area contributed by atoms with E-state index in [0.717, 1.165) is 48.0 Å². The lowest BCUT2D eigenvalue weighted by Gasteiger charge is -2.42. The Balaban J connectivity index is 1.64. The van der Waals surface area contributed by atoms with Crippen molar-refractivity contribution in [2.24, 2.45) is 4.99 Å². The molecule has 2 aromatic rings. The summed E-state index contributed by atoms with van der Waals surface area (Å²) in [6.07, 6.45) is 1.85. The van der Waals surface area contributed by atoms with E-state index >= 15 is 0 Å². The van der Waals surface area contributed by atoms with Gasteiger partial charge in [-0.05, 0) is 43.6 Å². The smallest absolute Gasteiger partial charge is 0.199 e. The second-order valence-corrected chi connectivity index (χ2v) is 7.13. The molecule has 25 heavy (non-hydrogen) atoms. The van der Waals surface area contributed by atoms with Crippen LogP contribution in [-0.4, -0.2) is 34.7 Å². The average Bonchev–Trinajstić information content (AvgIpc) is 2.61. The van der Waals surface area contributed by atoms with Gasteiger partial charge in [0.2, 0.25) is 0 Å². The minimum Gasteiger partial charge on any atom is -0.369 e. The van der Waals surface area contributed by atoms with Gasteiger partial charge in [-0.25, -0.2) is 4.99 Å². The van der Waals surface area contributed by atoms with Crippen LogP contribution >= 0.6 is 23.2 Å². The Hall–Kier alpha value is -1.89. The molecule has 1 aromatic carbocycles. The number of rotatable bonds is 2. The number of hydrogen-bond acceptors (Lipinski definition) is 6. The van der Waals surface area contributed by atoms with Crippen molar-refractivity contribution in [2.45, 2.75) is 24.9 Å². The van der Waals surface area contributed by atoms with Crippen LogP contribution in [0.1, 0.15) is 18.4 Å². The van der Waals surface area contributed by atoms with E-state index < -0.39 is 0 Å². The quantitative estimate of drug-likeness (QED) is 0.750. The normalized spacial score (nSPS) is 18.2. The van der Waals surface area contributed by atoms with Gasteiger partial charge in [-0.2, -0.15) is 0 Å². The number of halogens is 2. The Morgan fingerprint density at radius 3 is 2.76 bits per heavy atom. The second kappa shape index (κ2) is 6.78. The van der Waals surface area contributed by atoms with Gasteiger partial charge in [-0.1, -0.05) is 35.3 Å². The predicted molar refractivity (Wildman–Crippen MR) is 101 cm³/mol. The number of anilines is 1. The first kappa shape index (κ1) is 16.6. The van der Waals surface area contributed by atoms with E-state index in [1.54, 1.807) is 6.07 Å². The van der Waals surface area contributed by atoms with Crippen LogP contribution in [-0.2, 0) is 6.54 Å². The lowest BCUT2D eigenvalue weighted by Crippen LogP contribution is -2.58. The molecule has 0 unspecified atom stereocenters. The highest BCUT2D eigenvalue weighted by Gasteiger charge is 2.40. The van der Waals surface area contributed by atoms with E-state index in [4.69, 9.17) is 28.2 Å². The SMILES string of the molecule is Clc1cccc(CNC2=Nc3nnc(Cl)cc3NC23CCNCC3)c1. The lowest BCUT2D eigenvalue weighted by molar-refractivity contribution is 0.412. The van der Waals surface area contributed by atoms with Crippen LogP contribution in [0.3, 0.4) is 0 Å². The van der Waals surface area contributed by atoms with E-state index in [2.05, 4.69) is 26.1 Å². The van der Waals surface area contributed by atoms with Crippen molar-refractivity contribution in [1.82, 2.24) is 20.8 Å². The summed E-state index contributed by atoms with van der Waals surface area (Å²) in [6.45, 7) is 2.49. The Morgan fingerprint density at radius 1 is 1.12 bits per heavy atom. The molecule has 1 aromatic heterocycles. The third kappa shape index (κ3) is 3.42. The number of aliphatic imine (C=N–C) groups is 1. The van der Waals surface area contributed by atoms with Crippen molar-refractivity contribution in [1.29, 1.82) is 0 Å². The van der Waals surface area contributed by atoms with Crippen molar-refractivity contribution in [2.75, 3.05) is 18.4 Å². The monoisotopic (exact) mass is 376 g/mol. The second-order valence-electron chi connectivity index (χ2n) is 6.31. The number of aromatic nitrogens is 2. The van der Waals surface area contributed by atoms with Crippen molar-refractivity contribution >= 4 is 40.5 Å². The molecule has 2 aliphatic heterocycles. The summed E-state index contributed by atoms with van der Waals surface area (Å²) in [6, 6.07) is 9.59. The maximum Gasteiger partial charge on any atom is 0.199 e. The largest absolute Gasteiger partial charge is 0.369 e. The fourth-order valence-corrected chi connectivity index (χ4v) is 3.68. The summed E-state index contributed by atoms with van der Waals surface area (Å²) in [5, 5.41) is 19.6. The van der Waals surface area contributed by atoms with Crippen LogP contribution in [0.15, 0.2) is 35.3 Å². The molecule has 2 aliphatic rings. The van der Waals surface area contributed by atoms with Gasteiger partial charge in [0.15, 0.2) is 11.0 Å². The van der Waals surface area contributed by atoms with Crippen LogP contribution < -0.4 is 16.0 Å². The van der Waals surface area contributed by atoms with Gasteiger partial charge in [0, 0.05) is 17.6 Å². The van der Waals surface area contributed by atoms with Gasteiger partial charge in [0.05, 0.1) is 11.2 Å². The molecule has 1 saturated heterocycles. The van der Waals surface area contributed by atoms with Crippen LogP contribution in [0.25, 0.3) is 0 Å². The van der Waals surface area contributed by atoms with Crippen LogP contribution in [0.4, 0.5) is 11.5 Å². The van der Waals surface area contributed by atoms with E-state index in [1.165, 1.54) is 0 Å². The lowest BCUT2D eigenvalue weighted by atomic mass is 9.85. The molecule has 1 spiro atoms. The van der Waals surface area contributed by atoms with E-state index in [-0.39, 0.29) is 5.54 Å². The summed E-state index contributed by atoms with van der Waals surface area (Å²) in [7, 11) is 0. The molecule has 3 heterocycles. The highest BCUT2D eigenvalue weighted by molar-refractivity contribution is 6.30. The number of hydrogen-bond donors (Lipinski definition) is 3. The molecule has 4 rings (SSSR count). The fourth-order valence-electron chi connectivity index (χ4n) is 3.32. The zero-order chi connectivity index (χ0) is 17.3. The number of benzene rings is 1. The van der Waals surface area contributed by atoms with Gasteiger partial charge in [-0.15, -0.1) is 10.2 Å². The molecule has 1 fully saturated rings. The number of amidine groups is 1. The van der Waals surface area contributed by atoms with Gasteiger partial charge in [0.25, 0.3) is 0 Å². The van der Waals surface area contributed by atoms with Crippen molar-refractivity contribution in [3.8, 4) is 0 Å². The topological polar surface area (TPSA) is 74.2 Å². The zero-order valence-electron chi connectivity index (χ0n) is 13.5. The molecular formula is C17H18Cl2N6. The molecule has 0 amide bonds. The molecular weight excluding hydrogens is 359 g/mol. The number of piperidine rings is 1. The maximum absolute atomic E-state index is 6.08. The molecule has 8 heteroatoms. The fraction of sp³-hybridized carbons (Fsp3) is 0.353. The molecule has 0 saturated carbocycles. The molecule has 6 nitrogen and oxygen atoms in total. The molecule has 0 aliphatic carbocycles. The number of fused-ring (bicyclic) bond motifs is 1. The Bertz CT molecular complexity index is 817. The van der Waals surface area contributed by atoms with Crippen LogP contribution in [0, 0.1) is 0 Å². The van der Waals surface area contributed by atoms with Crippen molar-refractivity contribution < 1.29 is 0 Å². The summed E-state index contributed by atoms with van der Waals surface area (Å²) in [5.74, 6) is 1.44.